The molecule has 0 radical (unpaired) electrons. The molecule has 17 heavy (non-hydrogen) atoms. The standard InChI is InChI=1S/C11H13N3O2S/c1-2-6-15-10-8(12)3-4-9(14-10)17-11-13-5-7-16-11/h3-5,7H,2,6,12H2,1H3. The van der Waals surface area contributed by atoms with Gasteiger partial charge in [-0.3, -0.25) is 0 Å². The predicted octanol–water partition coefficient (Wildman–Crippen LogP) is 2.59. The van der Waals surface area contributed by atoms with Crippen molar-refractivity contribution < 1.29 is 9.15 Å². The second-order valence-corrected chi connectivity index (χ2v) is 4.26. The Bertz CT molecular complexity index is 474. The van der Waals surface area contributed by atoms with E-state index < -0.39 is 0 Å². The van der Waals surface area contributed by atoms with Crippen LogP contribution in [0.3, 0.4) is 0 Å². The van der Waals surface area contributed by atoms with E-state index in [0.717, 1.165) is 11.4 Å². The van der Waals surface area contributed by atoms with Gasteiger partial charge in [0.05, 0.1) is 18.5 Å². The third kappa shape index (κ3) is 3.13. The lowest BCUT2D eigenvalue weighted by atomic mass is 10.4. The van der Waals surface area contributed by atoms with Crippen molar-refractivity contribution in [2.75, 3.05) is 12.3 Å². The van der Waals surface area contributed by atoms with E-state index in [1.54, 1.807) is 12.3 Å². The SMILES string of the molecule is CCCOc1nc(Sc2ncco2)ccc1N. The number of oxazole rings is 1. The first-order valence-corrected chi connectivity index (χ1v) is 6.08. The number of aromatic nitrogens is 2. The van der Waals surface area contributed by atoms with Crippen LogP contribution in [0.2, 0.25) is 0 Å². The van der Waals surface area contributed by atoms with E-state index in [9.17, 15) is 0 Å². The summed E-state index contributed by atoms with van der Waals surface area (Å²) in [6.07, 6.45) is 4.03. The van der Waals surface area contributed by atoms with Gasteiger partial charge in [-0.15, -0.1) is 0 Å². The summed E-state index contributed by atoms with van der Waals surface area (Å²) in [5.41, 5.74) is 6.31. The minimum absolute atomic E-state index is 0.461. The third-order valence-corrected chi connectivity index (χ3v) is 2.72. The fourth-order valence-corrected chi connectivity index (χ4v) is 1.82. The van der Waals surface area contributed by atoms with E-state index in [1.165, 1.54) is 18.0 Å². The number of ether oxygens (including phenoxy) is 1. The van der Waals surface area contributed by atoms with Gasteiger partial charge in [0, 0.05) is 0 Å². The Morgan fingerprint density at radius 2 is 2.35 bits per heavy atom. The molecule has 0 aliphatic carbocycles. The minimum atomic E-state index is 0.461. The van der Waals surface area contributed by atoms with Gasteiger partial charge in [0.1, 0.15) is 11.3 Å². The highest BCUT2D eigenvalue weighted by molar-refractivity contribution is 7.99. The van der Waals surface area contributed by atoms with Gasteiger partial charge in [-0.05, 0) is 30.3 Å². The van der Waals surface area contributed by atoms with Gasteiger partial charge in [-0.2, -0.15) is 0 Å². The van der Waals surface area contributed by atoms with Gasteiger partial charge in [-0.1, -0.05) is 6.92 Å². The van der Waals surface area contributed by atoms with Crippen molar-refractivity contribution in [2.45, 2.75) is 23.6 Å². The predicted molar refractivity (Wildman–Crippen MR) is 65.1 cm³/mol. The smallest absolute Gasteiger partial charge is 0.261 e. The Kier molecular flexibility index (Phi) is 3.87. The molecule has 0 aliphatic heterocycles. The zero-order chi connectivity index (χ0) is 12.1. The van der Waals surface area contributed by atoms with Crippen LogP contribution in [0.5, 0.6) is 5.88 Å². The van der Waals surface area contributed by atoms with Crippen molar-refractivity contribution in [2.24, 2.45) is 0 Å². The van der Waals surface area contributed by atoms with Crippen molar-refractivity contribution >= 4 is 17.4 Å². The first-order valence-electron chi connectivity index (χ1n) is 5.26. The molecule has 0 aliphatic rings. The molecule has 0 fully saturated rings. The Balaban J connectivity index is 2.13. The Morgan fingerprint density at radius 1 is 1.47 bits per heavy atom. The maximum absolute atomic E-state index is 5.77. The van der Waals surface area contributed by atoms with Gasteiger partial charge in [0.2, 0.25) is 5.88 Å². The molecule has 2 aromatic heterocycles. The van der Waals surface area contributed by atoms with Crippen molar-refractivity contribution in [1.82, 2.24) is 9.97 Å². The van der Waals surface area contributed by atoms with Crippen LogP contribution in [0, 0.1) is 0 Å². The van der Waals surface area contributed by atoms with Crippen molar-refractivity contribution in [3.63, 3.8) is 0 Å². The number of anilines is 1. The van der Waals surface area contributed by atoms with Crippen LogP contribution in [-0.2, 0) is 0 Å². The molecule has 2 heterocycles. The first-order chi connectivity index (χ1) is 8.29. The van der Waals surface area contributed by atoms with E-state index in [2.05, 4.69) is 9.97 Å². The lowest BCUT2D eigenvalue weighted by Gasteiger charge is -2.07. The average Bonchev–Trinajstić information content (AvgIpc) is 2.82. The van der Waals surface area contributed by atoms with E-state index in [-0.39, 0.29) is 0 Å². The van der Waals surface area contributed by atoms with Crippen molar-refractivity contribution in [1.29, 1.82) is 0 Å². The molecule has 0 spiro atoms. The monoisotopic (exact) mass is 251 g/mol. The quantitative estimate of drug-likeness (QED) is 0.880. The summed E-state index contributed by atoms with van der Waals surface area (Å²) < 4.78 is 10.6. The fraction of sp³-hybridized carbons (Fsp3) is 0.273. The molecule has 2 N–H and O–H groups in total. The number of hydrogen-bond acceptors (Lipinski definition) is 6. The Labute approximate surface area is 103 Å². The molecule has 90 valence electrons. The molecule has 0 atom stereocenters. The summed E-state index contributed by atoms with van der Waals surface area (Å²) in [5, 5.41) is 1.29. The highest BCUT2D eigenvalue weighted by atomic mass is 32.2. The van der Waals surface area contributed by atoms with Crippen molar-refractivity contribution in [3.8, 4) is 5.88 Å². The van der Waals surface area contributed by atoms with E-state index in [0.29, 0.717) is 23.4 Å². The number of pyridine rings is 1. The summed E-state index contributed by atoms with van der Waals surface area (Å²) in [7, 11) is 0. The van der Waals surface area contributed by atoms with Crippen LogP contribution in [0.4, 0.5) is 5.69 Å². The summed E-state index contributed by atoms with van der Waals surface area (Å²) in [6.45, 7) is 2.63. The van der Waals surface area contributed by atoms with Gasteiger partial charge in [0.25, 0.3) is 5.22 Å². The molecule has 0 aromatic carbocycles. The topological polar surface area (TPSA) is 74.2 Å². The zero-order valence-corrected chi connectivity index (χ0v) is 10.2. The third-order valence-electron chi connectivity index (χ3n) is 1.91. The van der Waals surface area contributed by atoms with Gasteiger partial charge in [0.15, 0.2) is 0 Å². The number of rotatable bonds is 5. The summed E-state index contributed by atoms with van der Waals surface area (Å²) in [4.78, 5) is 8.31. The molecular formula is C11H13N3O2S. The second-order valence-electron chi connectivity index (χ2n) is 3.29. The van der Waals surface area contributed by atoms with Crippen LogP contribution in [0.25, 0.3) is 0 Å². The maximum Gasteiger partial charge on any atom is 0.261 e. The van der Waals surface area contributed by atoms with Crippen LogP contribution in [0.1, 0.15) is 13.3 Å². The maximum atomic E-state index is 5.77. The van der Waals surface area contributed by atoms with Crippen LogP contribution >= 0.6 is 11.8 Å². The van der Waals surface area contributed by atoms with Gasteiger partial charge in [-0.25, -0.2) is 9.97 Å². The lowest BCUT2D eigenvalue weighted by Crippen LogP contribution is -2.01. The number of nitrogen functional groups attached to an aromatic ring is 1. The molecule has 5 nitrogen and oxygen atoms in total. The zero-order valence-electron chi connectivity index (χ0n) is 9.42. The Morgan fingerprint density at radius 3 is 3.06 bits per heavy atom. The largest absolute Gasteiger partial charge is 0.476 e. The number of nitrogens with two attached hydrogens (primary N) is 1. The molecule has 2 aromatic rings. The van der Waals surface area contributed by atoms with E-state index >= 15 is 0 Å². The normalized spacial score (nSPS) is 10.4. The number of hydrogen-bond donors (Lipinski definition) is 1. The highest BCUT2D eigenvalue weighted by Gasteiger charge is 2.07. The lowest BCUT2D eigenvalue weighted by molar-refractivity contribution is 0.305. The Hall–Kier alpha value is -1.69. The van der Waals surface area contributed by atoms with Crippen LogP contribution in [0.15, 0.2) is 39.3 Å². The number of nitrogens with zero attached hydrogens (tertiary/aromatic N) is 2. The molecule has 0 amide bonds. The van der Waals surface area contributed by atoms with E-state index in [1.807, 2.05) is 13.0 Å². The summed E-state index contributed by atoms with van der Waals surface area (Å²) in [6, 6.07) is 3.58. The fourth-order valence-electron chi connectivity index (χ4n) is 1.16. The molecule has 0 unspecified atom stereocenters. The van der Waals surface area contributed by atoms with Gasteiger partial charge < -0.3 is 14.9 Å². The molecular weight excluding hydrogens is 238 g/mol. The average molecular weight is 251 g/mol. The van der Waals surface area contributed by atoms with Crippen LogP contribution < -0.4 is 10.5 Å². The summed E-state index contributed by atoms with van der Waals surface area (Å²) in [5.74, 6) is 0.461. The second kappa shape index (κ2) is 5.58. The van der Waals surface area contributed by atoms with Gasteiger partial charge >= 0.3 is 0 Å². The molecule has 2 rings (SSSR count). The van der Waals surface area contributed by atoms with Crippen molar-refractivity contribution in [3.05, 3.63) is 24.6 Å². The minimum Gasteiger partial charge on any atom is -0.476 e. The van der Waals surface area contributed by atoms with E-state index in [4.69, 9.17) is 14.9 Å². The molecule has 0 bridgehead atoms. The van der Waals surface area contributed by atoms with Crippen LogP contribution in [-0.4, -0.2) is 16.6 Å². The highest BCUT2D eigenvalue weighted by Crippen LogP contribution is 2.28. The molecule has 0 saturated carbocycles. The summed E-state index contributed by atoms with van der Waals surface area (Å²) >= 11 is 1.33. The molecule has 0 saturated heterocycles. The first kappa shape index (κ1) is 11.8. The molecule has 6 heteroatoms.